The molecule has 0 bridgehead atoms. The zero-order valence-corrected chi connectivity index (χ0v) is 18.0. The van der Waals surface area contributed by atoms with Crippen LogP contribution in [0.25, 0.3) is 11.1 Å². The van der Waals surface area contributed by atoms with Crippen molar-refractivity contribution in [3.8, 4) is 16.9 Å². The highest BCUT2D eigenvalue weighted by Crippen LogP contribution is 2.27. The molecule has 0 aliphatic heterocycles. The number of nitrogens with one attached hydrogen (secondary N) is 2. The Labute approximate surface area is 186 Å². The summed E-state index contributed by atoms with van der Waals surface area (Å²) in [6.07, 6.45) is -1.09. The van der Waals surface area contributed by atoms with Crippen molar-refractivity contribution in [2.24, 2.45) is 5.73 Å². The number of hydrogen-bond donors (Lipinski definition) is 3. The summed E-state index contributed by atoms with van der Waals surface area (Å²) in [5, 5.41) is 10.6. The SMILES string of the molecule is CCO[C@H](C(=O)NCc1ccc(C(=N)N)cc1-c1ccccc1)c1ccc(OC)cc1F. The molecule has 7 heteroatoms. The van der Waals surface area contributed by atoms with Gasteiger partial charge < -0.3 is 20.5 Å². The van der Waals surface area contributed by atoms with E-state index in [1.54, 1.807) is 19.1 Å². The first kappa shape index (κ1) is 23.0. The van der Waals surface area contributed by atoms with Crippen molar-refractivity contribution in [1.29, 1.82) is 5.41 Å². The van der Waals surface area contributed by atoms with Crippen LogP contribution in [0.5, 0.6) is 5.75 Å². The molecule has 0 heterocycles. The number of rotatable bonds is 9. The number of benzene rings is 3. The lowest BCUT2D eigenvalue weighted by Gasteiger charge is -2.19. The number of nitrogens with two attached hydrogens (primary N) is 1. The van der Waals surface area contributed by atoms with Crippen LogP contribution in [-0.4, -0.2) is 25.5 Å². The number of methoxy groups -OCH3 is 1. The van der Waals surface area contributed by atoms with E-state index in [0.29, 0.717) is 11.3 Å². The van der Waals surface area contributed by atoms with Gasteiger partial charge in [-0.1, -0.05) is 42.5 Å². The molecule has 166 valence electrons. The minimum atomic E-state index is -1.09. The van der Waals surface area contributed by atoms with Crippen molar-refractivity contribution < 1.29 is 18.7 Å². The second-order valence-corrected chi connectivity index (χ2v) is 7.09. The fraction of sp³-hybridized carbons (Fsp3) is 0.200. The van der Waals surface area contributed by atoms with Gasteiger partial charge >= 0.3 is 0 Å². The van der Waals surface area contributed by atoms with Crippen molar-refractivity contribution in [2.75, 3.05) is 13.7 Å². The van der Waals surface area contributed by atoms with Crippen LogP contribution in [-0.2, 0) is 16.1 Å². The van der Waals surface area contributed by atoms with E-state index in [9.17, 15) is 9.18 Å². The van der Waals surface area contributed by atoms with Gasteiger partial charge in [0.2, 0.25) is 0 Å². The molecule has 3 aromatic rings. The van der Waals surface area contributed by atoms with Gasteiger partial charge in [-0.2, -0.15) is 0 Å². The standard InChI is InChI=1S/C25H26FN3O3/c1-3-32-23(20-12-11-19(31-2)14-22(20)26)25(30)29-15-18-10-9-17(24(27)28)13-21(18)16-7-5-4-6-8-16/h4-14,23H,3,15H2,1-2H3,(H3,27,28)(H,29,30)/t23-/m0/s1. The number of nitrogen functional groups attached to an aromatic ring is 1. The molecule has 1 amide bonds. The minimum absolute atomic E-state index is 0.0378. The smallest absolute Gasteiger partial charge is 0.254 e. The lowest BCUT2D eigenvalue weighted by molar-refractivity contribution is -0.133. The number of amidine groups is 1. The third-order valence-corrected chi connectivity index (χ3v) is 5.02. The van der Waals surface area contributed by atoms with Gasteiger partial charge in [0, 0.05) is 30.3 Å². The molecule has 0 unspecified atom stereocenters. The van der Waals surface area contributed by atoms with Crippen LogP contribution in [0.1, 0.15) is 29.7 Å². The number of ether oxygens (including phenoxy) is 2. The van der Waals surface area contributed by atoms with Crippen molar-refractivity contribution >= 4 is 11.7 Å². The fourth-order valence-electron chi connectivity index (χ4n) is 3.38. The molecule has 0 aliphatic carbocycles. The minimum Gasteiger partial charge on any atom is -0.497 e. The van der Waals surface area contributed by atoms with Gasteiger partial charge in [0.1, 0.15) is 17.4 Å². The summed E-state index contributed by atoms with van der Waals surface area (Å²) in [5.41, 5.74) is 9.00. The predicted octanol–water partition coefficient (Wildman–Crippen LogP) is 4.18. The predicted molar refractivity (Wildman–Crippen MR) is 122 cm³/mol. The topological polar surface area (TPSA) is 97.4 Å². The molecule has 4 N–H and O–H groups in total. The fourth-order valence-corrected chi connectivity index (χ4v) is 3.38. The second-order valence-electron chi connectivity index (χ2n) is 7.09. The molecule has 0 saturated carbocycles. The number of halogens is 1. The van der Waals surface area contributed by atoms with Crippen LogP contribution >= 0.6 is 0 Å². The molecule has 0 aromatic heterocycles. The van der Waals surface area contributed by atoms with Gasteiger partial charge in [-0.3, -0.25) is 10.2 Å². The molecule has 3 aromatic carbocycles. The molecule has 3 rings (SSSR count). The summed E-state index contributed by atoms with van der Waals surface area (Å²) in [6.45, 7) is 2.18. The summed E-state index contributed by atoms with van der Waals surface area (Å²) >= 11 is 0. The molecule has 0 spiro atoms. The summed E-state index contributed by atoms with van der Waals surface area (Å²) in [5.74, 6) is -0.705. The average Bonchev–Trinajstić information content (AvgIpc) is 2.81. The van der Waals surface area contributed by atoms with E-state index in [2.05, 4.69) is 5.32 Å². The number of amides is 1. The van der Waals surface area contributed by atoms with Crippen LogP contribution in [0.15, 0.2) is 66.7 Å². The Hall–Kier alpha value is -3.71. The van der Waals surface area contributed by atoms with E-state index in [1.165, 1.54) is 19.2 Å². The molecule has 6 nitrogen and oxygen atoms in total. The monoisotopic (exact) mass is 435 g/mol. The lowest BCUT2D eigenvalue weighted by atomic mass is 9.96. The van der Waals surface area contributed by atoms with Crippen LogP contribution in [0, 0.1) is 11.2 Å². The maximum absolute atomic E-state index is 14.6. The first-order valence-electron chi connectivity index (χ1n) is 10.2. The Morgan fingerprint density at radius 2 is 1.88 bits per heavy atom. The first-order valence-corrected chi connectivity index (χ1v) is 10.2. The third-order valence-electron chi connectivity index (χ3n) is 5.02. The van der Waals surface area contributed by atoms with E-state index in [-0.39, 0.29) is 24.6 Å². The van der Waals surface area contributed by atoms with Gasteiger partial charge in [0.15, 0.2) is 6.10 Å². The normalized spacial score (nSPS) is 11.6. The largest absolute Gasteiger partial charge is 0.497 e. The lowest BCUT2D eigenvalue weighted by Crippen LogP contribution is -2.31. The van der Waals surface area contributed by atoms with E-state index < -0.39 is 17.8 Å². The zero-order chi connectivity index (χ0) is 23.1. The van der Waals surface area contributed by atoms with Crippen LogP contribution in [0.4, 0.5) is 4.39 Å². The first-order chi connectivity index (χ1) is 15.4. The van der Waals surface area contributed by atoms with Gasteiger partial charge in [-0.15, -0.1) is 0 Å². The summed E-state index contributed by atoms with van der Waals surface area (Å²) in [4.78, 5) is 12.9. The molecular weight excluding hydrogens is 409 g/mol. The summed E-state index contributed by atoms with van der Waals surface area (Å²) in [6, 6.07) is 19.3. The van der Waals surface area contributed by atoms with Gasteiger partial charge in [0.05, 0.1) is 7.11 Å². The van der Waals surface area contributed by atoms with Gasteiger partial charge in [-0.05, 0) is 41.8 Å². The molecule has 1 atom stereocenters. The third kappa shape index (κ3) is 5.31. The van der Waals surface area contributed by atoms with Crippen LogP contribution in [0.3, 0.4) is 0 Å². The van der Waals surface area contributed by atoms with E-state index in [0.717, 1.165) is 16.7 Å². The Balaban J connectivity index is 1.86. The highest BCUT2D eigenvalue weighted by molar-refractivity contribution is 5.96. The van der Waals surface area contributed by atoms with Crippen LogP contribution in [0.2, 0.25) is 0 Å². The quantitative estimate of drug-likeness (QED) is 0.347. The highest BCUT2D eigenvalue weighted by Gasteiger charge is 2.24. The number of hydrogen-bond acceptors (Lipinski definition) is 4. The van der Waals surface area contributed by atoms with Gasteiger partial charge in [0.25, 0.3) is 5.91 Å². The summed E-state index contributed by atoms with van der Waals surface area (Å²) < 4.78 is 25.2. The van der Waals surface area contributed by atoms with Crippen molar-refractivity contribution in [2.45, 2.75) is 19.6 Å². The number of carbonyl (C=O) groups is 1. The molecule has 0 fully saturated rings. The van der Waals surface area contributed by atoms with Crippen molar-refractivity contribution in [3.63, 3.8) is 0 Å². The van der Waals surface area contributed by atoms with Gasteiger partial charge in [-0.25, -0.2) is 4.39 Å². The highest BCUT2D eigenvalue weighted by atomic mass is 19.1. The number of carbonyl (C=O) groups excluding carboxylic acids is 1. The zero-order valence-electron chi connectivity index (χ0n) is 18.0. The maximum atomic E-state index is 14.6. The molecule has 0 aliphatic rings. The van der Waals surface area contributed by atoms with E-state index in [4.69, 9.17) is 20.6 Å². The average molecular weight is 435 g/mol. The Kier molecular flexibility index (Phi) is 7.57. The molecule has 0 radical (unpaired) electrons. The molecular formula is C25H26FN3O3. The maximum Gasteiger partial charge on any atom is 0.254 e. The Morgan fingerprint density at radius 3 is 2.50 bits per heavy atom. The van der Waals surface area contributed by atoms with E-state index in [1.807, 2.05) is 42.5 Å². The molecule has 32 heavy (non-hydrogen) atoms. The van der Waals surface area contributed by atoms with E-state index >= 15 is 0 Å². The van der Waals surface area contributed by atoms with Crippen molar-refractivity contribution in [1.82, 2.24) is 5.32 Å². The van der Waals surface area contributed by atoms with Crippen molar-refractivity contribution in [3.05, 3.63) is 89.2 Å². The Morgan fingerprint density at radius 1 is 1.12 bits per heavy atom. The molecule has 0 saturated heterocycles. The Bertz CT molecular complexity index is 1100. The van der Waals surface area contributed by atoms with Crippen LogP contribution < -0.4 is 15.8 Å². The second kappa shape index (κ2) is 10.5. The summed E-state index contributed by atoms with van der Waals surface area (Å²) in [7, 11) is 1.45.